The number of hydrogen-bond acceptors (Lipinski definition) is 3. The van der Waals surface area contributed by atoms with Crippen molar-refractivity contribution in [2.45, 2.75) is 26.1 Å². The Morgan fingerprint density at radius 1 is 1.42 bits per heavy atom. The van der Waals surface area contributed by atoms with Gasteiger partial charge in [-0.2, -0.15) is 0 Å². The first-order chi connectivity index (χ1) is 5.35. The van der Waals surface area contributed by atoms with Crippen molar-refractivity contribution in [2.75, 3.05) is 7.11 Å². The van der Waals surface area contributed by atoms with Crippen LogP contribution < -0.4 is 0 Å². The van der Waals surface area contributed by atoms with Crippen LogP contribution in [-0.2, 0) is 14.0 Å². The Morgan fingerprint density at radius 2 is 1.92 bits per heavy atom. The van der Waals surface area contributed by atoms with Gasteiger partial charge in [0.25, 0.3) is 0 Å². The Kier molecular flexibility index (Phi) is 4.02. The summed E-state index contributed by atoms with van der Waals surface area (Å²) < 4.78 is 9.92. The number of esters is 1. The van der Waals surface area contributed by atoms with E-state index in [2.05, 4.69) is 11.3 Å². The number of ether oxygens (including phenoxy) is 1. The molecule has 0 aromatic rings. The molecule has 0 heterocycles. The smallest absolute Gasteiger partial charge is 0.313 e. The molecule has 0 aliphatic carbocycles. The predicted octanol–water partition coefficient (Wildman–Crippen LogP) is 1.91. The molecule has 0 spiro atoms. The molecule has 4 heteroatoms. The number of carbonyl (C=O) groups is 1. The minimum atomic E-state index is -1.61. The fraction of sp³-hybridized carbons (Fsp3) is 0.625. The summed E-state index contributed by atoms with van der Waals surface area (Å²) >= 11 is 0. The van der Waals surface area contributed by atoms with E-state index in [4.69, 9.17) is 4.43 Å². The maximum Gasteiger partial charge on any atom is 0.313 e. The van der Waals surface area contributed by atoms with Crippen LogP contribution in [0.4, 0.5) is 0 Å². The second kappa shape index (κ2) is 4.30. The van der Waals surface area contributed by atoms with E-state index in [0.717, 1.165) is 0 Å². The van der Waals surface area contributed by atoms with Crippen LogP contribution in [0.2, 0.25) is 19.6 Å². The molecule has 0 aromatic heterocycles. The zero-order valence-corrected chi connectivity index (χ0v) is 9.14. The minimum absolute atomic E-state index is 0.154. The van der Waals surface area contributed by atoms with Crippen molar-refractivity contribution >= 4 is 14.3 Å². The number of rotatable bonds is 4. The second-order valence-electron chi connectivity index (χ2n) is 3.51. The molecule has 0 rings (SSSR count). The molecule has 0 unspecified atom stereocenters. The summed E-state index contributed by atoms with van der Waals surface area (Å²) in [6.07, 6.45) is 0.154. The first-order valence-corrected chi connectivity index (χ1v) is 7.19. The average Bonchev–Trinajstić information content (AvgIpc) is 1.82. The minimum Gasteiger partial charge on any atom is -0.547 e. The summed E-state index contributed by atoms with van der Waals surface area (Å²) in [7, 11) is -0.256. The van der Waals surface area contributed by atoms with Crippen LogP contribution in [0.25, 0.3) is 0 Å². The summed E-state index contributed by atoms with van der Waals surface area (Å²) in [4.78, 5) is 10.8. The second-order valence-corrected chi connectivity index (χ2v) is 7.93. The standard InChI is InChI=1S/C8H16O3Si/c1-7(6-8(9)10-2)11-12(3,4)5/h1,6H2,2-5H3. The Morgan fingerprint density at radius 3 is 2.25 bits per heavy atom. The van der Waals surface area contributed by atoms with E-state index in [0.29, 0.717) is 5.76 Å². The summed E-state index contributed by atoms with van der Waals surface area (Å²) in [5.41, 5.74) is 0. The summed E-state index contributed by atoms with van der Waals surface area (Å²) in [5, 5.41) is 0. The van der Waals surface area contributed by atoms with Gasteiger partial charge in [-0.15, -0.1) is 0 Å². The molecule has 0 saturated heterocycles. The van der Waals surface area contributed by atoms with Crippen LogP contribution in [0.15, 0.2) is 12.3 Å². The highest BCUT2D eigenvalue weighted by Crippen LogP contribution is 2.11. The Bertz CT molecular complexity index is 181. The third-order valence-electron chi connectivity index (χ3n) is 1.02. The van der Waals surface area contributed by atoms with Crippen LogP contribution in [0.5, 0.6) is 0 Å². The van der Waals surface area contributed by atoms with Crippen LogP contribution in [0.3, 0.4) is 0 Å². The lowest BCUT2D eigenvalue weighted by atomic mass is 10.4. The molecule has 0 amide bonds. The van der Waals surface area contributed by atoms with Crippen molar-refractivity contribution in [2.24, 2.45) is 0 Å². The molecule has 0 bridgehead atoms. The van der Waals surface area contributed by atoms with E-state index < -0.39 is 8.32 Å². The molecular formula is C8H16O3Si. The average molecular weight is 188 g/mol. The maximum absolute atomic E-state index is 10.8. The van der Waals surface area contributed by atoms with Crippen molar-refractivity contribution in [3.05, 3.63) is 12.3 Å². The lowest BCUT2D eigenvalue weighted by molar-refractivity contribution is -0.140. The Hall–Kier alpha value is -0.773. The van der Waals surface area contributed by atoms with Crippen LogP contribution >= 0.6 is 0 Å². The van der Waals surface area contributed by atoms with Crippen molar-refractivity contribution in [1.82, 2.24) is 0 Å². The summed E-state index contributed by atoms with van der Waals surface area (Å²) in [6.45, 7) is 9.75. The predicted molar refractivity (Wildman–Crippen MR) is 50.2 cm³/mol. The molecule has 0 radical (unpaired) electrons. The topological polar surface area (TPSA) is 35.5 Å². The van der Waals surface area contributed by atoms with E-state index in [9.17, 15) is 4.79 Å². The lowest BCUT2D eigenvalue weighted by Crippen LogP contribution is -2.25. The first-order valence-electron chi connectivity index (χ1n) is 3.79. The van der Waals surface area contributed by atoms with Gasteiger partial charge in [-0.25, -0.2) is 0 Å². The lowest BCUT2D eigenvalue weighted by Gasteiger charge is -2.20. The van der Waals surface area contributed by atoms with E-state index in [-0.39, 0.29) is 12.4 Å². The highest BCUT2D eigenvalue weighted by Gasteiger charge is 2.18. The van der Waals surface area contributed by atoms with Gasteiger partial charge in [0.1, 0.15) is 6.42 Å². The molecular weight excluding hydrogens is 172 g/mol. The quantitative estimate of drug-likeness (QED) is 0.384. The largest absolute Gasteiger partial charge is 0.547 e. The van der Waals surface area contributed by atoms with Gasteiger partial charge in [0.15, 0.2) is 0 Å². The third kappa shape index (κ3) is 5.97. The number of methoxy groups -OCH3 is 1. The Labute approximate surface area is 74.5 Å². The van der Waals surface area contributed by atoms with Gasteiger partial charge in [0.2, 0.25) is 8.32 Å². The van der Waals surface area contributed by atoms with E-state index in [1.54, 1.807) is 0 Å². The molecule has 70 valence electrons. The normalized spacial score (nSPS) is 10.7. The third-order valence-corrected chi connectivity index (χ3v) is 1.92. The molecule has 0 aliphatic heterocycles. The van der Waals surface area contributed by atoms with Gasteiger partial charge in [-0.05, 0) is 19.6 Å². The van der Waals surface area contributed by atoms with Crippen LogP contribution in [0.1, 0.15) is 6.42 Å². The molecule has 0 saturated carbocycles. The fourth-order valence-electron chi connectivity index (χ4n) is 0.702. The molecule has 0 aliphatic rings. The SMILES string of the molecule is C=C(CC(=O)OC)O[Si](C)(C)C. The molecule has 0 fully saturated rings. The van der Waals surface area contributed by atoms with E-state index in [1.165, 1.54) is 7.11 Å². The van der Waals surface area contributed by atoms with Gasteiger partial charge < -0.3 is 9.16 Å². The number of carbonyl (C=O) groups excluding carboxylic acids is 1. The molecule has 12 heavy (non-hydrogen) atoms. The van der Waals surface area contributed by atoms with E-state index >= 15 is 0 Å². The van der Waals surface area contributed by atoms with Gasteiger partial charge >= 0.3 is 5.97 Å². The fourth-order valence-corrected chi connectivity index (χ4v) is 1.64. The highest BCUT2D eigenvalue weighted by atomic mass is 28.4. The van der Waals surface area contributed by atoms with Gasteiger partial charge in [0.05, 0.1) is 12.9 Å². The maximum atomic E-state index is 10.8. The molecule has 0 aromatic carbocycles. The molecule has 0 N–H and O–H groups in total. The first kappa shape index (κ1) is 11.2. The zero-order chi connectivity index (χ0) is 9.78. The van der Waals surface area contributed by atoms with Crippen LogP contribution in [-0.4, -0.2) is 21.4 Å². The summed E-state index contributed by atoms with van der Waals surface area (Å²) in [5.74, 6) is 0.194. The summed E-state index contributed by atoms with van der Waals surface area (Å²) in [6, 6.07) is 0. The van der Waals surface area contributed by atoms with Crippen molar-refractivity contribution < 1.29 is 14.0 Å². The van der Waals surface area contributed by atoms with Crippen LogP contribution in [0, 0.1) is 0 Å². The number of hydrogen-bond donors (Lipinski definition) is 0. The van der Waals surface area contributed by atoms with E-state index in [1.807, 2.05) is 19.6 Å². The van der Waals surface area contributed by atoms with Crippen molar-refractivity contribution in [3.63, 3.8) is 0 Å². The van der Waals surface area contributed by atoms with Gasteiger partial charge in [-0.1, -0.05) is 6.58 Å². The van der Waals surface area contributed by atoms with Crippen molar-refractivity contribution in [3.8, 4) is 0 Å². The van der Waals surface area contributed by atoms with Crippen molar-refractivity contribution in [1.29, 1.82) is 0 Å². The zero-order valence-electron chi connectivity index (χ0n) is 8.14. The molecule has 3 nitrogen and oxygen atoms in total. The monoisotopic (exact) mass is 188 g/mol. The highest BCUT2D eigenvalue weighted by molar-refractivity contribution is 6.70. The Balaban J connectivity index is 3.83. The van der Waals surface area contributed by atoms with Gasteiger partial charge in [-0.3, -0.25) is 4.79 Å². The van der Waals surface area contributed by atoms with Gasteiger partial charge in [0, 0.05) is 0 Å². The molecule has 0 atom stereocenters.